The van der Waals surface area contributed by atoms with Gasteiger partial charge in [0.25, 0.3) is 0 Å². The van der Waals surface area contributed by atoms with Crippen LogP contribution in [-0.4, -0.2) is 27.9 Å². The first-order chi connectivity index (χ1) is 13.9. The van der Waals surface area contributed by atoms with Gasteiger partial charge in [0.05, 0.1) is 44.1 Å². The number of hydrogen-bond acceptors (Lipinski definition) is 4. The Labute approximate surface area is 163 Å². The lowest BCUT2D eigenvalue weighted by molar-refractivity contribution is 0.0674. The van der Waals surface area contributed by atoms with Gasteiger partial charge in [0.2, 0.25) is 0 Å². The van der Waals surface area contributed by atoms with Crippen LogP contribution in [0, 0.1) is 0 Å². The molecular formula is C23H22N2O3. The second-order valence-corrected chi connectivity index (χ2v) is 6.53. The van der Waals surface area contributed by atoms with Crippen molar-refractivity contribution < 1.29 is 14.3 Å². The summed E-state index contributed by atoms with van der Waals surface area (Å²) in [4.78, 5) is 4.61. The van der Waals surface area contributed by atoms with Gasteiger partial charge in [-0.25, -0.2) is 4.98 Å². The average molecular weight is 374 g/mol. The summed E-state index contributed by atoms with van der Waals surface area (Å²) >= 11 is 0. The smallest absolute Gasteiger partial charge is 0.152 e. The molecule has 2 aromatic heterocycles. The number of imidazole rings is 1. The molecule has 28 heavy (non-hydrogen) atoms. The second kappa shape index (κ2) is 8.69. The standard InChI is InChI=1S/C23H22N2O3/c26-14-20(16-27-15-18-8-3-1-4-9-18)25-17-24-22(19-10-5-2-6-11-19)23(25)21-12-7-13-28-21/h1-13,17,20,26H,14-16H2/t20-/m1/s1. The van der Waals surface area contributed by atoms with Gasteiger partial charge in [-0.15, -0.1) is 0 Å². The molecule has 4 rings (SSSR count). The van der Waals surface area contributed by atoms with E-state index in [0.29, 0.717) is 19.0 Å². The van der Waals surface area contributed by atoms with Crippen LogP contribution >= 0.6 is 0 Å². The number of ether oxygens (including phenoxy) is 1. The first kappa shape index (κ1) is 18.2. The first-order valence-corrected chi connectivity index (χ1v) is 9.25. The Balaban J connectivity index is 1.61. The van der Waals surface area contributed by atoms with Crippen molar-refractivity contribution in [2.24, 2.45) is 0 Å². The topological polar surface area (TPSA) is 60.4 Å². The highest BCUT2D eigenvalue weighted by atomic mass is 16.5. The van der Waals surface area contributed by atoms with Gasteiger partial charge in [-0.1, -0.05) is 60.7 Å². The van der Waals surface area contributed by atoms with E-state index >= 15 is 0 Å². The van der Waals surface area contributed by atoms with Crippen LogP contribution in [0.5, 0.6) is 0 Å². The molecule has 0 amide bonds. The highest BCUT2D eigenvalue weighted by Crippen LogP contribution is 2.33. The minimum absolute atomic E-state index is 0.0624. The lowest BCUT2D eigenvalue weighted by Gasteiger charge is -2.19. The SMILES string of the molecule is OC[C@H](COCc1ccccc1)n1cnc(-c2ccccc2)c1-c1ccco1. The minimum atomic E-state index is -0.270. The molecular weight excluding hydrogens is 352 g/mol. The molecule has 0 aliphatic heterocycles. The van der Waals surface area contributed by atoms with Gasteiger partial charge in [0.15, 0.2) is 5.76 Å². The van der Waals surface area contributed by atoms with Crippen molar-refractivity contribution in [1.82, 2.24) is 9.55 Å². The fourth-order valence-electron chi connectivity index (χ4n) is 3.21. The quantitative estimate of drug-likeness (QED) is 0.491. The number of aliphatic hydroxyl groups is 1. The Kier molecular flexibility index (Phi) is 5.66. The highest BCUT2D eigenvalue weighted by Gasteiger charge is 2.22. The van der Waals surface area contributed by atoms with E-state index < -0.39 is 0 Å². The van der Waals surface area contributed by atoms with Gasteiger partial charge in [-0.05, 0) is 17.7 Å². The van der Waals surface area contributed by atoms with Gasteiger partial charge < -0.3 is 18.8 Å². The Morgan fingerprint density at radius 3 is 2.39 bits per heavy atom. The number of rotatable bonds is 8. The van der Waals surface area contributed by atoms with Crippen molar-refractivity contribution in [2.45, 2.75) is 12.6 Å². The predicted molar refractivity (Wildman–Crippen MR) is 108 cm³/mol. The zero-order valence-corrected chi connectivity index (χ0v) is 15.4. The molecule has 5 nitrogen and oxygen atoms in total. The van der Waals surface area contributed by atoms with E-state index in [0.717, 1.165) is 22.5 Å². The summed E-state index contributed by atoms with van der Waals surface area (Å²) in [6.45, 7) is 0.796. The summed E-state index contributed by atoms with van der Waals surface area (Å²) < 4.78 is 13.5. The van der Waals surface area contributed by atoms with E-state index in [4.69, 9.17) is 9.15 Å². The summed E-state index contributed by atoms with van der Waals surface area (Å²) in [5.41, 5.74) is 3.74. The fourth-order valence-corrected chi connectivity index (χ4v) is 3.21. The van der Waals surface area contributed by atoms with E-state index in [1.54, 1.807) is 12.6 Å². The molecule has 142 valence electrons. The maximum absolute atomic E-state index is 10.0. The van der Waals surface area contributed by atoms with Crippen molar-refractivity contribution in [2.75, 3.05) is 13.2 Å². The van der Waals surface area contributed by atoms with Gasteiger partial charge in [-0.3, -0.25) is 0 Å². The number of aliphatic hydroxyl groups excluding tert-OH is 1. The Morgan fingerprint density at radius 1 is 0.964 bits per heavy atom. The van der Waals surface area contributed by atoms with Crippen LogP contribution in [0.15, 0.2) is 89.8 Å². The van der Waals surface area contributed by atoms with Crippen LogP contribution in [0.3, 0.4) is 0 Å². The van der Waals surface area contributed by atoms with E-state index in [9.17, 15) is 5.11 Å². The van der Waals surface area contributed by atoms with Gasteiger partial charge in [-0.2, -0.15) is 0 Å². The maximum atomic E-state index is 10.0. The lowest BCUT2D eigenvalue weighted by Crippen LogP contribution is -2.19. The van der Waals surface area contributed by atoms with Gasteiger partial charge in [0.1, 0.15) is 5.69 Å². The summed E-state index contributed by atoms with van der Waals surface area (Å²) in [6, 6.07) is 23.4. The minimum Gasteiger partial charge on any atom is -0.463 e. The van der Waals surface area contributed by atoms with Crippen LogP contribution in [0.1, 0.15) is 11.6 Å². The molecule has 0 saturated carbocycles. The number of benzene rings is 2. The average Bonchev–Trinajstić information content (AvgIpc) is 3.42. The van der Waals surface area contributed by atoms with E-state index in [2.05, 4.69) is 4.98 Å². The van der Waals surface area contributed by atoms with Crippen molar-refractivity contribution in [3.63, 3.8) is 0 Å². The van der Waals surface area contributed by atoms with Gasteiger partial charge >= 0.3 is 0 Å². The number of furan rings is 1. The predicted octanol–water partition coefficient (Wildman–Crippen LogP) is 4.56. The van der Waals surface area contributed by atoms with Crippen molar-refractivity contribution in [1.29, 1.82) is 0 Å². The third-order valence-electron chi connectivity index (χ3n) is 4.62. The largest absolute Gasteiger partial charge is 0.463 e. The molecule has 1 N–H and O–H groups in total. The van der Waals surface area contributed by atoms with Crippen LogP contribution in [-0.2, 0) is 11.3 Å². The second-order valence-electron chi connectivity index (χ2n) is 6.53. The van der Waals surface area contributed by atoms with Crippen LogP contribution < -0.4 is 0 Å². The molecule has 5 heteroatoms. The van der Waals surface area contributed by atoms with E-state index in [1.807, 2.05) is 77.4 Å². The Hall–Kier alpha value is -3.15. The number of hydrogen-bond donors (Lipinski definition) is 1. The highest BCUT2D eigenvalue weighted by molar-refractivity contribution is 5.76. The van der Waals surface area contributed by atoms with Gasteiger partial charge in [0, 0.05) is 5.56 Å². The van der Waals surface area contributed by atoms with Crippen LogP contribution in [0.25, 0.3) is 22.7 Å². The van der Waals surface area contributed by atoms with E-state index in [1.165, 1.54) is 0 Å². The van der Waals surface area contributed by atoms with Crippen molar-refractivity contribution in [3.05, 3.63) is 91.0 Å². The zero-order valence-electron chi connectivity index (χ0n) is 15.4. The maximum Gasteiger partial charge on any atom is 0.152 e. The summed E-state index contributed by atoms with van der Waals surface area (Å²) in [6.07, 6.45) is 3.38. The third-order valence-corrected chi connectivity index (χ3v) is 4.62. The molecule has 0 aliphatic rings. The number of aromatic nitrogens is 2. The van der Waals surface area contributed by atoms with E-state index in [-0.39, 0.29) is 12.6 Å². The molecule has 0 aliphatic carbocycles. The molecule has 0 fully saturated rings. The van der Waals surface area contributed by atoms with Crippen LogP contribution in [0.2, 0.25) is 0 Å². The first-order valence-electron chi connectivity index (χ1n) is 9.25. The molecule has 0 radical (unpaired) electrons. The van der Waals surface area contributed by atoms with Crippen LogP contribution in [0.4, 0.5) is 0 Å². The zero-order chi connectivity index (χ0) is 19.2. The summed E-state index contributed by atoms with van der Waals surface area (Å²) in [5, 5.41) is 10.0. The monoisotopic (exact) mass is 374 g/mol. The normalized spacial score (nSPS) is 12.2. The molecule has 1 atom stereocenters. The molecule has 0 bridgehead atoms. The molecule has 0 unspecified atom stereocenters. The Morgan fingerprint density at radius 2 is 1.71 bits per heavy atom. The van der Waals surface area contributed by atoms with Crippen molar-refractivity contribution >= 4 is 0 Å². The fraction of sp³-hybridized carbons (Fsp3) is 0.174. The summed E-state index contributed by atoms with van der Waals surface area (Å²) in [5.74, 6) is 0.706. The molecule has 2 heterocycles. The lowest BCUT2D eigenvalue weighted by atomic mass is 10.1. The third kappa shape index (κ3) is 3.91. The summed E-state index contributed by atoms with van der Waals surface area (Å²) in [7, 11) is 0. The van der Waals surface area contributed by atoms with Crippen molar-refractivity contribution in [3.8, 4) is 22.7 Å². The molecule has 0 spiro atoms. The Bertz CT molecular complexity index is 979. The number of nitrogens with zero attached hydrogens (tertiary/aromatic N) is 2. The molecule has 2 aromatic carbocycles. The molecule has 4 aromatic rings. The molecule has 0 saturated heterocycles.